The number of nitrogens with zero attached hydrogens (tertiary/aromatic N) is 2. The number of amides is 1. The Kier molecular flexibility index (Phi) is 5.41. The lowest BCUT2D eigenvalue weighted by Crippen LogP contribution is -2.61. The molecule has 0 spiro atoms. The molecule has 0 unspecified atom stereocenters. The van der Waals surface area contributed by atoms with Gasteiger partial charge in [-0.15, -0.1) is 0 Å². The SMILES string of the molecule is CN1C(=N)N[C@](C)(c2cc(NC(=O)c3ncc(Cl)cc3F)cc(F)c2F)CS1(=O)=O. The zero-order valence-electron chi connectivity index (χ0n) is 15.6. The lowest BCUT2D eigenvalue weighted by molar-refractivity contribution is 0.101. The standard InChI is InChI=1S/C17H15ClF3N5O3S/c1-17(7-30(28,29)26(2)16(22)25-17)10-4-9(5-11(19)13(10)21)24-15(27)14-12(20)3-8(18)6-23-14/h3-6H,7H2,1-2H3,(H2,22,25)(H,24,27)/t17-/m0/s1. The topological polar surface area (TPSA) is 115 Å². The number of carbonyl (C=O) groups is 1. The molecule has 1 saturated heterocycles. The molecule has 0 radical (unpaired) electrons. The van der Waals surface area contributed by atoms with E-state index < -0.39 is 61.9 Å². The van der Waals surface area contributed by atoms with E-state index in [9.17, 15) is 26.4 Å². The van der Waals surface area contributed by atoms with Crippen molar-refractivity contribution in [1.29, 1.82) is 5.41 Å². The highest BCUT2D eigenvalue weighted by atomic mass is 35.5. The van der Waals surface area contributed by atoms with Crippen LogP contribution in [0.15, 0.2) is 24.4 Å². The van der Waals surface area contributed by atoms with Gasteiger partial charge < -0.3 is 10.6 Å². The van der Waals surface area contributed by atoms with E-state index in [0.29, 0.717) is 10.4 Å². The first-order valence-electron chi connectivity index (χ1n) is 8.29. The second kappa shape index (κ2) is 7.43. The molecular formula is C17H15ClF3N5O3S. The molecular weight excluding hydrogens is 447 g/mol. The monoisotopic (exact) mass is 461 g/mol. The van der Waals surface area contributed by atoms with Crippen LogP contribution in [0.5, 0.6) is 0 Å². The number of guanidine groups is 1. The number of pyridine rings is 1. The van der Waals surface area contributed by atoms with Gasteiger partial charge in [0, 0.05) is 30.6 Å². The van der Waals surface area contributed by atoms with Crippen LogP contribution in [0.25, 0.3) is 0 Å². The highest BCUT2D eigenvalue weighted by Gasteiger charge is 2.44. The number of carbonyl (C=O) groups excluding carboxylic acids is 1. The van der Waals surface area contributed by atoms with Crippen molar-refractivity contribution in [1.82, 2.24) is 14.6 Å². The molecule has 3 N–H and O–H groups in total. The number of halogens is 4. The van der Waals surface area contributed by atoms with Crippen molar-refractivity contribution in [3.63, 3.8) is 0 Å². The summed E-state index contributed by atoms with van der Waals surface area (Å²) < 4.78 is 67.9. The second-order valence-corrected chi connectivity index (χ2v) is 9.22. The highest BCUT2D eigenvalue weighted by molar-refractivity contribution is 7.89. The average molecular weight is 462 g/mol. The van der Waals surface area contributed by atoms with E-state index in [4.69, 9.17) is 17.0 Å². The number of hydrogen-bond acceptors (Lipinski definition) is 5. The van der Waals surface area contributed by atoms with Gasteiger partial charge in [0.25, 0.3) is 5.91 Å². The predicted octanol–water partition coefficient (Wildman–Crippen LogP) is 2.42. The number of sulfonamides is 1. The van der Waals surface area contributed by atoms with Crippen LogP contribution in [-0.2, 0) is 15.6 Å². The number of anilines is 1. The molecule has 1 fully saturated rings. The van der Waals surface area contributed by atoms with Crippen LogP contribution in [-0.4, -0.2) is 42.4 Å². The number of hydrogen-bond donors (Lipinski definition) is 3. The van der Waals surface area contributed by atoms with Gasteiger partial charge in [-0.05, 0) is 19.1 Å². The van der Waals surface area contributed by atoms with Gasteiger partial charge >= 0.3 is 0 Å². The van der Waals surface area contributed by atoms with Crippen molar-refractivity contribution in [2.75, 3.05) is 18.1 Å². The van der Waals surface area contributed by atoms with Crippen molar-refractivity contribution >= 4 is 39.2 Å². The number of rotatable bonds is 3. The van der Waals surface area contributed by atoms with Crippen LogP contribution in [0.4, 0.5) is 18.9 Å². The summed E-state index contributed by atoms with van der Waals surface area (Å²) in [7, 11) is -2.84. The van der Waals surface area contributed by atoms with Crippen molar-refractivity contribution in [3.8, 4) is 0 Å². The largest absolute Gasteiger partial charge is 0.345 e. The summed E-state index contributed by atoms with van der Waals surface area (Å²) in [6, 6.07) is 2.52. The van der Waals surface area contributed by atoms with Crippen LogP contribution < -0.4 is 10.6 Å². The van der Waals surface area contributed by atoms with E-state index in [2.05, 4.69) is 15.6 Å². The molecule has 2 heterocycles. The van der Waals surface area contributed by atoms with Crippen LogP contribution in [0.2, 0.25) is 5.02 Å². The molecule has 2 aromatic rings. The maximum atomic E-state index is 14.6. The molecule has 0 aliphatic carbocycles. The van der Waals surface area contributed by atoms with Crippen LogP contribution in [0.1, 0.15) is 23.0 Å². The molecule has 1 atom stereocenters. The summed E-state index contributed by atoms with van der Waals surface area (Å²) in [4.78, 5) is 15.8. The van der Waals surface area contributed by atoms with Gasteiger partial charge in [0.2, 0.25) is 16.0 Å². The van der Waals surface area contributed by atoms with Gasteiger partial charge in [-0.1, -0.05) is 11.6 Å². The molecule has 0 bridgehead atoms. The summed E-state index contributed by atoms with van der Waals surface area (Å²) in [5, 5.41) is 12.5. The van der Waals surface area contributed by atoms with E-state index in [-0.39, 0.29) is 10.7 Å². The van der Waals surface area contributed by atoms with Crippen molar-refractivity contribution in [2.24, 2.45) is 0 Å². The molecule has 1 aliphatic heterocycles. The van der Waals surface area contributed by atoms with Gasteiger partial charge in [0.15, 0.2) is 23.1 Å². The fourth-order valence-electron chi connectivity index (χ4n) is 2.96. The predicted molar refractivity (Wildman–Crippen MR) is 103 cm³/mol. The molecule has 8 nitrogen and oxygen atoms in total. The minimum atomic E-state index is -3.99. The zero-order chi connectivity index (χ0) is 22.4. The first-order valence-corrected chi connectivity index (χ1v) is 10.3. The van der Waals surface area contributed by atoms with E-state index >= 15 is 0 Å². The second-order valence-electron chi connectivity index (χ2n) is 6.79. The molecule has 13 heteroatoms. The van der Waals surface area contributed by atoms with Crippen molar-refractivity contribution < 1.29 is 26.4 Å². The summed E-state index contributed by atoms with van der Waals surface area (Å²) in [6.45, 7) is 1.27. The highest BCUT2D eigenvalue weighted by Crippen LogP contribution is 2.33. The van der Waals surface area contributed by atoms with Gasteiger partial charge in [-0.3, -0.25) is 10.2 Å². The molecule has 30 heavy (non-hydrogen) atoms. The summed E-state index contributed by atoms with van der Waals surface area (Å²) in [5.74, 6) is -6.02. The third-order valence-corrected chi connectivity index (χ3v) is 6.67. The third-order valence-electron chi connectivity index (χ3n) is 4.50. The Bertz CT molecular complexity index is 1180. The fraction of sp³-hybridized carbons (Fsp3) is 0.235. The molecule has 1 aromatic carbocycles. The van der Waals surface area contributed by atoms with Gasteiger partial charge in [0.1, 0.15) is 0 Å². The maximum Gasteiger partial charge on any atom is 0.277 e. The fourth-order valence-corrected chi connectivity index (χ4v) is 4.58. The van der Waals surface area contributed by atoms with E-state index in [1.807, 2.05) is 0 Å². The van der Waals surface area contributed by atoms with Crippen LogP contribution in [0, 0.1) is 22.9 Å². The van der Waals surface area contributed by atoms with Crippen LogP contribution >= 0.6 is 11.6 Å². The molecule has 1 aliphatic rings. The normalized spacial score (nSPS) is 20.6. The smallest absolute Gasteiger partial charge is 0.277 e. The van der Waals surface area contributed by atoms with Crippen LogP contribution in [0.3, 0.4) is 0 Å². The lowest BCUT2D eigenvalue weighted by atomic mass is 9.92. The molecule has 1 amide bonds. The quantitative estimate of drug-likeness (QED) is 0.649. The molecule has 3 rings (SSSR count). The Balaban J connectivity index is 2.00. The maximum absolute atomic E-state index is 14.6. The summed E-state index contributed by atoms with van der Waals surface area (Å²) >= 11 is 5.59. The Hall–Kier alpha value is -2.86. The number of benzene rings is 1. The lowest BCUT2D eigenvalue weighted by Gasteiger charge is -2.40. The average Bonchev–Trinajstić information content (AvgIpc) is 2.62. The summed E-state index contributed by atoms with van der Waals surface area (Å²) in [6.07, 6.45) is 1.04. The molecule has 0 saturated carbocycles. The van der Waals surface area contributed by atoms with Crippen molar-refractivity contribution in [3.05, 3.63) is 58.1 Å². The Morgan fingerprint density at radius 1 is 1.30 bits per heavy atom. The minimum absolute atomic E-state index is 0.0379. The van der Waals surface area contributed by atoms with E-state index in [0.717, 1.165) is 25.4 Å². The summed E-state index contributed by atoms with van der Waals surface area (Å²) in [5.41, 5.74) is -3.05. The Morgan fingerprint density at radius 3 is 2.57 bits per heavy atom. The van der Waals surface area contributed by atoms with E-state index in [1.54, 1.807) is 0 Å². The number of aromatic nitrogens is 1. The molecule has 1 aromatic heterocycles. The molecule has 160 valence electrons. The Morgan fingerprint density at radius 2 is 1.97 bits per heavy atom. The van der Waals surface area contributed by atoms with Gasteiger partial charge in [-0.25, -0.2) is 30.9 Å². The van der Waals surface area contributed by atoms with E-state index in [1.165, 1.54) is 6.92 Å². The first kappa shape index (κ1) is 21.8. The zero-order valence-corrected chi connectivity index (χ0v) is 17.1. The first-order chi connectivity index (χ1) is 13.8. The minimum Gasteiger partial charge on any atom is -0.345 e. The van der Waals surface area contributed by atoms with Gasteiger partial charge in [0.05, 0.1) is 16.3 Å². The third kappa shape index (κ3) is 3.92. The van der Waals surface area contributed by atoms with Gasteiger partial charge in [-0.2, -0.15) is 0 Å². The Labute approximate surface area is 174 Å². The van der Waals surface area contributed by atoms with Crippen molar-refractivity contribution in [2.45, 2.75) is 12.5 Å². The number of nitrogens with one attached hydrogen (secondary N) is 3.